The Hall–Kier alpha value is -1.43. The van der Waals surface area contributed by atoms with Gasteiger partial charge in [-0.3, -0.25) is 4.68 Å². The fraction of sp³-hybridized carbons (Fsp3) is 0.444. The summed E-state index contributed by atoms with van der Waals surface area (Å²) in [4.78, 5) is 0.285. The quantitative estimate of drug-likeness (QED) is 0.795. The summed E-state index contributed by atoms with van der Waals surface area (Å²) >= 11 is 4.84. The first-order valence-electron chi connectivity index (χ1n) is 4.73. The molecule has 0 atom stereocenters. The zero-order valence-electron chi connectivity index (χ0n) is 8.87. The number of aromatic nitrogens is 4. The molecule has 2 heterocycles. The van der Waals surface area contributed by atoms with Crippen molar-refractivity contribution in [3.8, 4) is 11.5 Å². The number of aromatic amines is 1. The number of aryl methyl sites for hydroxylation is 2. The van der Waals surface area contributed by atoms with Gasteiger partial charge in [-0.1, -0.05) is 0 Å². The van der Waals surface area contributed by atoms with Gasteiger partial charge in [0.25, 0.3) is 4.84 Å². The molecular formula is C9H12N4OS. The molecule has 2 rings (SSSR count). The van der Waals surface area contributed by atoms with Crippen molar-refractivity contribution in [2.75, 3.05) is 0 Å². The fourth-order valence-electron chi connectivity index (χ4n) is 1.65. The van der Waals surface area contributed by atoms with Crippen molar-refractivity contribution < 1.29 is 4.42 Å². The Labute approximate surface area is 92.1 Å². The van der Waals surface area contributed by atoms with E-state index in [0.717, 1.165) is 23.5 Å². The van der Waals surface area contributed by atoms with E-state index >= 15 is 0 Å². The highest BCUT2D eigenvalue weighted by atomic mass is 32.1. The molecule has 2 aromatic heterocycles. The Morgan fingerprint density at radius 2 is 2.20 bits per heavy atom. The summed E-state index contributed by atoms with van der Waals surface area (Å²) < 4.78 is 7.20. The van der Waals surface area contributed by atoms with Crippen LogP contribution in [0.2, 0.25) is 0 Å². The largest absolute Gasteiger partial charge is 0.409 e. The molecule has 0 bridgehead atoms. The number of nitrogens with zero attached hydrogens (tertiary/aromatic N) is 3. The Bertz CT molecular complexity index is 537. The van der Waals surface area contributed by atoms with E-state index in [1.807, 2.05) is 25.5 Å². The highest BCUT2D eigenvalue weighted by Crippen LogP contribution is 2.24. The van der Waals surface area contributed by atoms with Crippen LogP contribution >= 0.6 is 12.2 Å². The number of hydrogen-bond acceptors (Lipinski definition) is 4. The summed E-state index contributed by atoms with van der Waals surface area (Å²) in [5, 5.41) is 11.0. The molecule has 2 aromatic rings. The van der Waals surface area contributed by atoms with Gasteiger partial charge in [-0.25, -0.2) is 5.10 Å². The molecular weight excluding hydrogens is 212 g/mol. The van der Waals surface area contributed by atoms with Gasteiger partial charge in [0.2, 0.25) is 5.89 Å². The van der Waals surface area contributed by atoms with Gasteiger partial charge in [-0.05, 0) is 33.0 Å². The number of hydrogen-bond donors (Lipinski definition) is 1. The van der Waals surface area contributed by atoms with Gasteiger partial charge >= 0.3 is 0 Å². The molecule has 1 N–H and O–H groups in total. The van der Waals surface area contributed by atoms with E-state index < -0.39 is 0 Å². The smallest absolute Gasteiger partial charge is 0.284 e. The number of rotatable bonds is 2. The Kier molecular flexibility index (Phi) is 2.44. The standard InChI is InChI=1S/C9H12N4OS/c1-4-13-6(3)7(5(2)12-13)8-10-11-9(15)14-8/h4H2,1-3H3,(H,11,15). The average Bonchev–Trinajstić information content (AvgIpc) is 2.71. The Balaban J connectivity index is 2.62. The maximum absolute atomic E-state index is 5.28. The SMILES string of the molecule is CCn1nc(C)c(-c2n[nH]c(=S)o2)c1C. The summed E-state index contributed by atoms with van der Waals surface area (Å²) in [6.07, 6.45) is 0. The first kappa shape index (κ1) is 10.1. The van der Waals surface area contributed by atoms with Crippen molar-refractivity contribution in [2.45, 2.75) is 27.3 Å². The highest BCUT2D eigenvalue weighted by molar-refractivity contribution is 7.71. The van der Waals surface area contributed by atoms with Crippen LogP contribution in [-0.2, 0) is 6.54 Å². The lowest BCUT2D eigenvalue weighted by molar-refractivity contribution is 0.551. The molecule has 0 aliphatic rings. The summed E-state index contributed by atoms with van der Waals surface area (Å²) in [6, 6.07) is 0. The lowest BCUT2D eigenvalue weighted by Crippen LogP contribution is -1.98. The second-order valence-corrected chi connectivity index (χ2v) is 3.65. The van der Waals surface area contributed by atoms with Crippen LogP contribution in [0.3, 0.4) is 0 Å². The van der Waals surface area contributed by atoms with Crippen molar-refractivity contribution >= 4 is 12.2 Å². The van der Waals surface area contributed by atoms with Crippen molar-refractivity contribution in [3.05, 3.63) is 16.2 Å². The van der Waals surface area contributed by atoms with Crippen molar-refractivity contribution in [2.24, 2.45) is 0 Å². The predicted octanol–water partition coefficient (Wildman–Crippen LogP) is 2.23. The average molecular weight is 224 g/mol. The van der Waals surface area contributed by atoms with E-state index in [4.69, 9.17) is 16.6 Å². The third kappa shape index (κ3) is 1.61. The van der Waals surface area contributed by atoms with Crippen LogP contribution in [0.5, 0.6) is 0 Å². The minimum absolute atomic E-state index is 0.285. The van der Waals surface area contributed by atoms with Crippen LogP contribution < -0.4 is 0 Å². The van der Waals surface area contributed by atoms with E-state index in [1.54, 1.807) is 0 Å². The van der Waals surface area contributed by atoms with Gasteiger partial charge in [-0.2, -0.15) is 5.10 Å². The van der Waals surface area contributed by atoms with Gasteiger partial charge in [0.05, 0.1) is 11.3 Å². The van der Waals surface area contributed by atoms with Crippen LogP contribution in [-0.4, -0.2) is 20.0 Å². The van der Waals surface area contributed by atoms with E-state index in [2.05, 4.69) is 15.3 Å². The maximum atomic E-state index is 5.28. The summed E-state index contributed by atoms with van der Waals surface area (Å²) in [5.41, 5.74) is 2.86. The van der Waals surface area contributed by atoms with Crippen molar-refractivity contribution in [3.63, 3.8) is 0 Å². The van der Waals surface area contributed by atoms with Gasteiger partial charge in [0.1, 0.15) is 0 Å². The zero-order valence-corrected chi connectivity index (χ0v) is 9.68. The topological polar surface area (TPSA) is 59.6 Å². The van der Waals surface area contributed by atoms with Crippen LogP contribution in [0.4, 0.5) is 0 Å². The minimum atomic E-state index is 0.285. The second kappa shape index (κ2) is 3.62. The van der Waals surface area contributed by atoms with Crippen LogP contribution in [0, 0.1) is 18.7 Å². The molecule has 0 aromatic carbocycles. The molecule has 0 saturated heterocycles. The molecule has 15 heavy (non-hydrogen) atoms. The van der Waals surface area contributed by atoms with E-state index in [9.17, 15) is 0 Å². The summed E-state index contributed by atoms with van der Waals surface area (Å²) in [7, 11) is 0. The van der Waals surface area contributed by atoms with E-state index in [0.29, 0.717) is 5.89 Å². The molecule has 0 fully saturated rings. The van der Waals surface area contributed by atoms with Crippen molar-refractivity contribution in [1.29, 1.82) is 0 Å². The molecule has 0 aliphatic heterocycles. The molecule has 0 amide bonds. The first-order valence-corrected chi connectivity index (χ1v) is 5.14. The minimum Gasteiger partial charge on any atom is -0.409 e. The Morgan fingerprint density at radius 1 is 1.47 bits per heavy atom. The van der Waals surface area contributed by atoms with E-state index in [1.165, 1.54) is 0 Å². The first-order chi connectivity index (χ1) is 7.13. The number of nitrogens with one attached hydrogen (secondary N) is 1. The maximum Gasteiger partial charge on any atom is 0.284 e. The normalized spacial score (nSPS) is 10.9. The van der Waals surface area contributed by atoms with Gasteiger partial charge in [0, 0.05) is 12.2 Å². The van der Waals surface area contributed by atoms with Gasteiger partial charge < -0.3 is 4.42 Å². The van der Waals surface area contributed by atoms with Crippen LogP contribution in [0.15, 0.2) is 4.42 Å². The second-order valence-electron chi connectivity index (χ2n) is 3.28. The highest BCUT2D eigenvalue weighted by Gasteiger charge is 2.16. The lowest BCUT2D eigenvalue weighted by Gasteiger charge is -1.98. The molecule has 6 heteroatoms. The zero-order chi connectivity index (χ0) is 11.0. The molecule has 0 saturated carbocycles. The van der Waals surface area contributed by atoms with Crippen molar-refractivity contribution in [1.82, 2.24) is 20.0 Å². The molecule has 80 valence electrons. The van der Waals surface area contributed by atoms with Gasteiger partial charge in [0.15, 0.2) is 0 Å². The Morgan fingerprint density at radius 3 is 2.67 bits per heavy atom. The molecule has 0 aliphatic carbocycles. The van der Waals surface area contributed by atoms with E-state index in [-0.39, 0.29) is 4.84 Å². The molecule has 0 radical (unpaired) electrons. The van der Waals surface area contributed by atoms with Crippen LogP contribution in [0.1, 0.15) is 18.3 Å². The third-order valence-electron chi connectivity index (χ3n) is 2.33. The molecule has 5 nitrogen and oxygen atoms in total. The fourth-order valence-corrected chi connectivity index (χ4v) is 1.78. The third-order valence-corrected chi connectivity index (χ3v) is 2.51. The monoisotopic (exact) mass is 224 g/mol. The van der Waals surface area contributed by atoms with Gasteiger partial charge in [-0.15, -0.1) is 5.10 Å². The number of H-pyrrole nitrogens is 1. The molecule has 0 spiro atoms. The lowest BCUT2D eigenvalue weighted by atomic mass is 10.2. The summed E-state index contributed by atoms with van der Waals surface area (Å²) in [5.74, 6) is 0.509. The predicted molar refractivity (Wildman–Crippen MR) is 58.1 cm³/mol. The van der Waals surface area contributed by atoms with Crippen LogP contribution in [0.25, 0.3) is 11.5 Å². The summed E-state index contributed by atoms with van der Waals surface area (Å²) in [6.45, 7) is 6.80. The molecule has 0 unspecified atom stereocenters.